The van der Waals surface area contributed by atoms with Gasteiger partial charge >= 0.3 is 0 Å². The molecule has 1 aromatic heterocycles. The second kappa shape index (κ2) is 10.3. The Balaban J connectivity index is 1.51. The zero-order chi connectivity index (χ0) is 24.1. The number of carbonyl (C=O) groups excluding carboxylic acids is 2. The van der Waals surface area contributed by atoms with Crippen LogP contribution in [0.1, 0.15) is 39.9 Å². The Hall–Kier alpha value is -3.97. The summed E-state index contributed by atoms with van der Waals surface area (Å²) in [5.41, 5.74) is 1.81. The van der Waals surface area contributed by atoms with Crippen LogP contribution in [0.5, 0.6) is 0 Å². The number of fused-ring (bicyclic) bond motifs is 1. The van der Waals surface area contributed by atoms with Gasteiger partial charge in [0.15, 0.2) is 0 Å². The van der Waals surface area contributed by atoms with Gasteiger partial charge in [0.1, 0.15) is 5.82 Å². The molecule has 0 atom stereocenters. The van der Waals surface area contributed by atoms with E-state index in [9.17, 15) is 14.4 Å². The standard InChI is InChI=1S/C26H23ClN4O3/c1-2-14-31(16-23-29-22-15-19(27)10-13-21(22)25(33)30-23)26(34)18-8-11-20(12-9-18)28-24(32)17-6-4-3-5-7-17/h3-13,15H,2,14,16H2,1H3,(H,28,32)(H,29,30,33). The Morgan fingerprint density at radius 1 is 1.00 bits per heavy atom. The average molecular weight is 475 g/mol. The topological polar surface area (TPSA) is 95.2 Å². The minimum atomic E-state index is -0.279. The number of carbonyl (C=O) groups is 2. The van der Waals surface area contributed by atoms with Crippen LogP contribution in [0.15, 0.2) is 77.6 Å². The number of aromatic nitrogens is 2. The highest BCUT2D eigenvalue weighted by Gasteiger charge is 2.18. The van der Waals surface area contributed by atoms with Gasteiger partial charge in [-0.3, -0.25) is 14.4 Å². The van der Waals surface area contributed by atoms with Crippen LogP contribution in [0.4, 0.5) is 5.69 Å². The zero-order valence-electron chi connectivity index (χ0n) is 18.5. The third-order valence-electron chi connectivity index (χ3n) is 5.26. The normalized spacial score (nSPS) is 10.8. The summed E-state index contributed by atoms with van der Waals surface area (Å²) in [7, 11) is 0. The van der Waals surface area contributed by atoms with Gasteiger partial charge in [-0.25, -0.2) is 4.98 Å². The molecule has 0 aliphatic carbocycles. The minimum absolute atomic E-state index is 0.150. The largest absolute Gasteiger partial charge is 0.331 e. The fraction of sp³-hybridized carbons (Fsp3) is 0.154. The molecule has 4 aromatic rings. The van der Waals surface area contributed by atoms with Gasteiger partial charge in [0.2, 0.25) is 0 Å². The summed E-state index contributed by atoms with van der Waals surface area (Å²) in [6.07, 6.45) is 0.737. The van der Waals surface area contributed by atoms with E-state index in [4.69, 9.17) is 11.6 Å². The molecular formula is C26H23ClN4O3. The quantitative estimate of drug-likeness (QED) is 0.399. The molecule has 2 N–H and O–H groups in total. The third-order valence-corrected chi connectivity index (χ3v) is 5.50. The van der Waals surface area contributed by atoms with Crippen LogP contribution in [-0.2, 0) is 6.54 Å². The van der Waals surface area contributed by atoms with Gasteiger partial charge < -0.3 is 15.2 Å². The maximum absolute atomic E-state index is 13.2. The number of amides is 2. The number of nitrogens with one attached hydrogen (secondary N) is 2. The lowest BCUT2D eigenvalue weighted by molar-refractivity contribution is 0.0739. The first-order valence-electron chi connectivity index (χ1n) is 10.9. The second-order valence-electron chi connectivity index (χ2n) is 7.80. The molecule has 0 spiro atoms. The summed E-state index contributed by atoms with van der Waals surface area (Å²) >= 11 is 6.05. The predicted octanol–water partition coefficient (Wildman–Crippen LogP) is 4.88. The number of anilines is 1. The van der Waals surface area contributed by atoms with E-state index in [-0.39, 0.29) is 23.9 Å². The molecule has 1 heterocycles. The molecule has 0 saturated carbocycles. The van der Waals surface area contributed by atoms with E-state index in [1.165, 1.54) is 0 Å². The molecule has 0 fully saturated rings. The van der Waals surface area contributed by atoms with Gasteiger partial charge in [0.05, 0.1) is 17.4 Å². The Labute approximate surface area is 201 Å². The third kappa shape index (κ3) is 5.32. The maximum Gasteiger partial charge on any atom is 0.258 e. The fourth-order valence-electron chi connectivity index (χ4n) is 3.61. The summed E-state index contributed by atoms with van der Waals surface area (Å²) < 4.78 is 0. The van der Waals surface area contributed by atoms with E-state index in [2.05, 4.69) is 15.3 Å². The number of rotatable bonds is 7. The average Bonchev–Trinajstić information content (AvgIpc) is 2.84. The van der Waals surface area contributed by atoms with Crippen molar-refractivity contribution in [2.75, 3.05) is 11.9 Å². The Bertz CT molecular complexity index is 1390. The number of aromatic amines is 1. The van der Waals surface area contributed by atoms with Crippen molar-refractivity contribution < 1.29 is 9.59 Å². The van der Waals surface area contributed by atoms with Crippen LogP contribution in [0.3, 0.4) is 0 Å². The number of hydrogen-bond acceptors (Lipinski definition) is 4. The van der Waals surface area contributed by atoms with Crippen LogP contribution in [0.25, 0.3) is 10.9 Å². The molecule has 4 rings (SSSR count). The molecule has 7 nitrogen and oxygen atoms in total. The summed E-state index contributed by atoms with van der Waals surface area (Å²) in [6, 6.07) is 20.5. The van der Waals surface area contributed by atoms with E-state index in [1.807, 2.05) is 13.0 Å². The molecule has 172 valence electrons. The first kappa shape index (κ1) is 23.2. The molecule has 3 aromatic carbocycles. The zero-order valence-corrected chi connectivity index (χ0v) is 19.3. The van der Waals surface area contributed by atoms with E-state index in [0.29, 0.717) is 45.1 Å². The van der Waals surface area contributed by atoms with Crippen molar-refractivity contribution in [2.45, 2.75) is 19.9 Å². The van der Waals surface area contributed by atoms with E-state index in [1.54, 1.807) is 71.6 Å². The van der Waals surface area contributed by atoms with Gasteiger partial charge in [0, 0.05) is 28.4 Å². The van der Waals surface area contributed by atoms with Gasteiger partial charge in [-0.1, -0.05) is 36.7 Å². The SMILES string of the molecule is CCCN(Cc1nc2cc(Cl)ccc2c(=O)[nH]1)C(=O)c1ccc(NC(=O)c2ccccc2)cc1. The molecule has 0 saturated heterocycles. The molecule has 0 unspecified atom stereocenters. The number of nitrogens with zero attached hydrogens (tertiary/aromatic N) is 2. The summed E-state index contributed by atoms with van der Waals surface area (Å²) in [6.45, 7) is 2.61. The van der Waals surface area contributed by atoms with E-state index >= 15 is 0 Å². The van der Waals surface area contributed by atoms with Gasteiger partial charge in [0.25, 0.3) is 17.4 Å². The molecule has 0 aliphatic rings. The lowest BCUT2D eigenvalue weighted by Gasteiger charge is -2.22. The highest BCUT2D eigenvalue weighted by atomic mass is 35.5. The summed E-state index contributed by atoms with van der Waals surface area (Å²) in [5, 5.41) is 3.75. The number of benzene rings is 3. The van der Waals surface area contributed by atoms with Crippen molar-refractivity contribution in [2.24, 2.45) is 0 Å². The van der Waals surface area contributed by atoms with Crippen LogP contribution in [0, 0.1) is 0 Å². The lowest BCUT2D eigenvalue weighted by Crippen LogP contribution is -2.32. The van der Waals surface area contributed by atoms with Crippen molar-refractivity contribution in [1.82, 2.24) is 14.9 Å². The first-order valence-corrected chi connectivity index (χ1v) is 11.3. The van der Waals surface area contributed by atoms with Crippen molar-refractivity contribution in [3.63, 3.8) is 0 Å². The van der Waals surface area contributed by atoms with Gasteiger partial charge in [-0.15, -0.1) is 0 Å². The second-order valence-corrected chi connectivity index (χ2v) is 8.23. The number of H-pyrrole nitrogens is 1. The minimum Gasteiger partial charge on any atom is -0.331 e. The lowest BCUT2D eigenvalue weighted by atomic mass is 10.1. The molecule has 34 heavy (non-hydrogen) atoms. The molecule has 0 bridgehead atoms. The number of hydrogen-bond donors (Lipinski definition) is 2. The smallest absolute Gasteiger partial charge is 0.258 e. The van der Waals surface area contributed by atoms with Gasteiger partial charge in [-0.05, 0) is 61.0 Å². The van der Waals surface area contributed by atoms with Crippen LogP contribution < -0.4 is 10.9 Å². The Morgan fingerprint density at radius 3 is 2.44 bits per heavy atom. The molecule has 2 amide bonds. The monoisotopic (exact) mass is 474 g/mol. The van der Waals surface area contributed by atoms with Crippen LogP contribution in [-0.4, -0.2) is 33.2 Å². The van der Waals surface area contributed by atoms with E-state index < -0.39 is 0 Å². The Kier molecular flexibility index (Phi) is 7.04. The van der Waals surface area contributed by atoms with Gasteiger partial charge in [-0.2, -0.15) is 0 Å². The Morgan fingerprint density at radius 2 is 1.74 bits per heavy atom. The van der Waals surface area contributed by atoms with Crippen LogP contribution >= 0.6 is 11.6 Å². The highest BCUT2D eigenvalue weighted by Crippen LogP contribution is 2.17. The number of halogens is 1. The maximum atomic E-state index is 13.2. The summed E-state index contributed by atoms with van der Waals surface area (Å²) in [5.74, 6) is -0.0383. The first-order chi connectivity index (χ1) is 16.4. The molecule has 0 aliphatic heterocycles. The highest BCUT2D eigenvalue weighted by molar-refractivity contribution is 6.31. The molecule has 0 radical (unpaired) electrons. The van der Waals surface area contributed by atoms with Crippen molar-refractivity contribution >= 4 is 40.0 Å². The van der Waals surface area contributed by atoms with Crippen molar-refractivity contribution in [1.29, 1.82) is 0 Å². The van der Waals surface area contributed by atoms with Crippen LogP contribution in [0.2, 0.25) is 5.02 Å². The molecular weight excluding hydrogens is 452 g/mol. The van der Waals surface area contributed by atoms with E-state index in [0.717, 1.165) is 6.42 Å². The molecule has 8 heteroatoms. The predicted molar refractivity (Wildman–Crippen MR) is 133 cm³/mol. The van der Waals surface area contributed by atoms with Crippen molar-refractivity contribution in [3.05, 3.63) is 105 Å². The summed E-state index contributed by atoms with van der Waals surface area (Å²) in [4.78, 5) is 46.9. The fourth-order valence-corrected chi connectivity index (χ4v) is 3.78. The van der Waals surface area contributed by atoms with Crippen molar-refractivity contribution in [3.8, 4) is 0 Å².